The molecule has 1 aromatic heterocycles. The molecule has 126 valence electrons. The largest absolute Gasteiger partial charge is 0.497 e. The van der Waals surface area contributed by atoms with Crippen molar-refractivity contribution in [1.29, 1.82) is 0 Å². The summed E-state index contributed by atoms with van der Waals surface area (Å²) in [5, 5.41) is 5.67. The van der Waals surface area contributed by atoms with E-state index in [4.69, 9.17) is 4.74 Å². The van der Waals surface area contributed by atoms with Gasteiger partial charge in [0.05, 0.1) is 7.11 Å². The highest BCUT2D eigenvalue weighted by Gasteiger charge is 2.10. The van der Waals surface area contributed by atoms with Crippen LogP contribution in [0.5, 0.6) is 5.75 Å². The van der Waals surface area contributed by atoms with Crippen molar-refractivity contribution in [3.05, 3.63) is 72.4 Å². The summed E-state index contributed by atoms with van der Waals surface area (Å²) in [7, 11) is 1.55. The minimum Gasteiger partial charge on any atom is -0.497 e. The van der Waals surface area contributed by atoms with Crippen LogP contribution in [0.1, 0.15) is 10.5 Å². The maximum atomic E-state index is 13.2. The molecule has 0 saturated heterocycles. The number of anilines is 3. The fourth-order valence-corrected chi connectivity index (χ4v) is 2.16. The predicted molar refractivity (Wildman–Crippen MR) is 92.7 cm³/mol. The second-order valence-corrected chi connectivity index (χ2v) is 5.11. The van der Waals surface area contributed by atoms with Gasteiger partial charge in [-0.05, 0) is 30.3 Å². The third-order valence-corrected chi connectivity index (χ3v) is 3.32. The molecular formula is C18H15FN4O2. The van der Waals surface area contributed by atoms with Crippen LogP contribution in [0.4, 0.5) is 21.6 Å². The molecule has 1 heterocycles. The normalized spacial score (nSPS) is 10.2. The summed E-state index contributed by atoms with van der Waals surface area (Å²) in [6.45, 7) is 0. The lowest BCUT2D eigenvalue weighted by atomic mass is 10.2. The number of methoxy groups -OCH3 is 1. The minimum atomic E-state index is -0.391. The number of hydrogen-bond acceptors (Lipinski definition) is 5. The van der Waals surface area contributed by atoms with Gasteiger partial charge in [-0.2, -0.15) is 0 Å². The molecule has 7 heteroatoms. The number of halogens is 1. The molecule has 0 aliphatic carbocycles. The second kappa shape index (κ2) is 7.39. The van der Waals surface area contributed by atoms with E-state index in [0.29, 0.717) is 22.9 Å². The van der Waals surface area contributed by atoms with Crippen molar-refractivity contribution >= 4 is 23.1 Å². The zero-order chi connectivity index (χ0) is 17.6. The molecule has 0 bridgehead atoms. The number of rotatable bonds is 5. The Bertz CT molecular complexity index is 902. The van der Waals surface area contributed by atoms with Crippen LogP contribution in [-0.2, 0) is 0 Å². The number of aromatic nitrogens is 2. The summed E-state index contributed by atoms with van der Waals surface area (Å²) in [5.74, 6) is 0.262. The molecule has 6 nitrogen and oxygen atoms in total. The first-order valence-electron chi connectivity index (χ1n) is 7.44. The van der Waals surface area contributed by atoms with E-state index in [1.165, 1.54) is 24.5 Å². The Morgan fingerprint density at radius 1 is 1.04 bits per heavy atom. The number of nitrogens with zero attached hydrogens (tertiary/aromatic N) is 2. The van der Waals surface area contributed by atoms with Gasteiger partial charge >= 0.3 is 0 Å². The van der Waals surface area contributed by atoms with Gasteiger partial charge in [0.2, 0.25) is 0 Å². The number of ether oxygens (including phenoxy) is 1. The van der Waals surface area contributed by atoms with Crippen molar-refractivity contribution in [3.8, 4) is 5.75 Å². The van der Waals surface area contributed by atoms with Gasteiger partial charge in [-0.25, -0.2) is 14.4 Å². The zero-order valence-electron chi connectivity index (χ0n) is 13.4. The lowest BCUT2D eigenvalue weighted by Crippen LogP contribution is -2.14. The molecule has 0 aliphatic rings. The van der Waals surface area contributed by atoms with Crippen molar-refractivity contribution in [2.75, 3.05) is 17.7 Å². The number of amides is 1. The van der Waals surface area contributed by atoms with E-state index in [0.717, 1.165) is 0 Å². The average Bonchev–Trinajstić information content (AvgIpc) is 2.62. The van der Waals surface area contributed by atoms with Crippen molar-refractivity contribution in [1.82, 2.24) is 9.97 Å². The first kappa shape index (κ1) is 16.4. The number of nitrogens with one attached hydrogen (secondary N) is 2. The van der Waals surface area contributed by atoms with Gasteiger partial charge in [0, 0.05) is 23.5 Å². The molecule has 0 fully saturated rings. The summed E-state index contributed by atoms with van der Waals surface area (Å²) >= 11 is 0. The molecule has 1 amide bonds. The van der Waals surface area contributed by atoms with Crippen molar-refractivity contribution in [2.24, 2.45) is 0 Å². The number of benzene rings is 2. The third kappa shape index (κ3) is 4.29. The van der Waals surface area contributed by atoms with E-state index < -0.39 is 5.91 Å². The average molecular weight is 338 g/mol. The monoisotopic (exact) mass is 338 g/mol. The quantitative estimate of drug-likeness (QED) is 0.743. The van der Waals surface area contributed by atoms with Crippen molar-refractivity contribution in [2.45, 2.75) is 0 Å². The van der Waals surface area contributed by atoms with E-state index in [1.807, 2.05) is 0 Å². The highest BCUT2D eigenvalue weighted by Crippen LogP contribution is 2.18. The summed E-state index contributed by atoms with van der Waals surface area (Å²) < 4.78 is 18.4. The van der Waals surface area contributed by atoms with E-state index in [9.17, 15) is 9.18 Å². The standard InChI is InChI=1S/C18H15FN4O2/c1-25-15-7-3-6-14(9-15)23-18(24)16-10-17(21-11-20-16)22-13-5-2-4-12(19)8-13/h2-11H,1H3,(H,23,24)(H,20,21,22). The maximum Gasteiger partial charge on any atom is 0.274 e. The van der Waals surface area contributed by atoms with Gasteiger partial charge < -0.3 is 15.4 Å². The van der Waals surface area contributed by atoms with E-state index in [2.05, 4.69) is 20.6 Å². The Balaban J connectivity index is 1.75. The maximum absolute atomic E-state index is 13.2. The molecular weight excluding hydrogens is 323 g/mol. The SMILES string of the molecule is COc1cccc(NC(=O)c2cc(Nc3cccc(F)c3)ncn2)c1. The molecule has 25 heavy (non-hydrogen) atoms. The van der Waals surface area contributed by atoms with Crippen LogP contribution < -0.4 is 15.4 Å². The van der Waals surface area contributed by atoms with Gasteiger partial charge in [-0.3, -0.25) is 4.79 Å². The van der Waals surface area contributed by atoms with Crippen molar-refractivity contribution < 1.29 is 13.9 Å². The molecule has 0 unspecified atom stereocenters. The molecule has 0 radical (unpaired) electrons. The van der Waals surface area contributed by atoms with Crippen LogP contribution in [0.25, 0.3) is 0 Å². The van der Waals surface area contributed by atoms with Crippen LogP contribution in [0.3, 0.4) is 0 Å². The smallest absolute Gasteiger partial charge is 0.274 e. The Morgan fingerprint density at radius 2 is 1.84 bits per heavy atom. The van der Waals surface area contributed by atoms with E-state index in [1.54, 1.807) is 43.5 Å². The Kier molecular flexibility index (Phi) is 4.84. The second-order valence-electron chi connectivity index (χ2n) is 5.11. The number of carbonyl (C=O) groups excluding carboxylic acids is 1. The van der Waals surface area contributed by atoms with Gasteiger partial charge in [-0.1, -0.05) is 12.1 Å². The molecule has 0 spiro atoms. The molecule has 2 N–H and O–H groups in total. The minimum absolute atomic E-state index is 0.178. The van der Waals surface area contributed by atoms with E-state index >= 15 is 0 Å². The Hall–Kier alpha value is -3.48. The molecule has 3 rings (SSSR count). The Labute approximate surface area is 143 Å². The van der Waals surface area contributed by atoms with Gasteiger partial charge in [-0.15, -0.1) is 0 Å². The molecule has 2 aromatic carbocycles. The first-order valence-corrected chi connectivity index (χ1v) is 7.44. The number of carbonyl (C=O) groups is 1. The molecule has 0 aliphatic heterocycles. The fraction of sp³-hybridized carbons (Fsp3) is 0.0556. The third-order valence-electron chi connectivity index (χ3n) is 3.32. The first-order chi connectivity index (χ1) is 12.1. The summed E-state index contributed by atoms with van der Waals surface area (Å²) in [6, 6.07) is 14.4. The zero-order valence-corrected chi connectivity index (χ0v) is 13.4. The predicted octanol–water partition coefficient (Wildman–Crippen LogP) is 3.62. The van der Waals surface area contributed by atoms with E-state index in [-0.39, 0.29) is 11.5 Å². The van der Waals surface area contributed by atoms with Crippen LogP contribution in [0.2, 0.25) is 0 Å². The summed E-state index contributed by atoms with van der Waals surface area (Å²) in [6.07, 6.45) is 1.27. The molecule has 3 aromatic rings. The summed E-state index contributed by atoms with van der Waals surface area (Å²) in [4.78, 5) is 20.3. The molecule has 0 saturated carbocycles. The fourth-order valence-electron chi connectivity index (χ4n) is 2.16. The van der Waals surface area contributed by atoms with Gasteiger partial charge in [0.25, 0.3) is 5.91 Å². The molecule has 0 atom stereocenters. The van der Waals surface area contributed by atoms with Crippen LogP contribution >= 0.6 is 0 Å². The van der Waals surface area contributed by atoms with Crippen molar-refractivity contribution in [3.63, 3.8) is 0 Å². The van der Waals surface area contributed by atoms with Gasteiger partial charge in [0.15, 0.2) is 0 Å². The van der Waals surface area contributed by atoms with Crippen LogP contribution in [0.15, 0.2) is 60.9 Å². The lowest BCUT2D eigenvalue weighted by Gasteiger charge is -2.08. The lowest BCUT2D eigenvalue weighted by molar-refractivity contribution is 0.102. The number of hydrogen-bond donors (Lipinski definition) is 2. The Morgan fingerprint density at radius 3 is 2.64 bits per heavy atom. The topological polar surface area (TPSA) is 76.1 Å². The summed E-state index contributed by atoms with van der Waals surface area (Å²) in [5.41, 5.74) is 1.29. The highest BCUT2D eigenvalue weighted by molar-refractivity contribution is 6.03. The highest BCUT2D eigenvalue weighted by atomic mass is 19.1. The van der Waals surface area contributed by atoms with Crippen LogP contribution in [-0.4, -0.2) is 23.0 Å². The van der Waals surface area contributed by atoms with Crippen LogP contribution in [0, 0.1) is 5.82 Å². The van der Waals surface area contributed by atoms with Gasteiger partial charge in [0.1, 0.15) is 29.4 Å².